The standard InChI is InChI=1S/C18H20F2N8O2/c1-11(29)24-16-8-13(25-15-4-5-21-17(26-15)18(2,19)20)12(9-22-16)14-10-23-28(27-14)6-7-30-3/h4-5,8-10H,6-7H2,1-3H3,(H2,21,22,24,25,26,29). The van der Waals surface area contributed by atoms with Gasteiger partial charge in [-0.15, -0.1) is 0 Å². The Morgan fingerprint density at radius 2 is 2.07 bits per heavy atom. The molecule has 0 unspecified atom stereocenters. The molecule has 30 heavy (non-hydrogen) atoms. The molecule has 0 fully saturated rings. The molecule has 1 amide bonds. The zero-order valence-electron chi connectivity index (χ0n) is 16.6. The van der Waals surface area contributed by atoms with Gasteiger partial charge in [0, 0.05) is 45.0 Å². The van der Waals surface area contributed by atoms with Gasteiger partial charge < -0.3 is 15.4 Å². The Balaban J connectivity index is 1.98. The van der Waals surface area contributed by atoms with E-state index in [0.717, 1.165) is 6.92 Å². The average molecular weight is 418 g/mol. The van der Waals surface area contributed by atoms with E-state index in [4.69, 9.17) is 4.74 Å². The van der Waals surface area contributed by atoms with Crippen molar-refractivity contribution in [3.8, 4) is 11.3 Å². The highest BCUT2D eigenvalue weighted by Gasteiger charge is 2.28. The maximum absolute atomic E-state index is 13.6. The van der Waals surface area contributed by atoms with Gasteiger partial charge in [-0.3, -0.25) is 4.79 Å². The van der Waals surface area contributed by atoms with Crippen LogP contribution in [0.2, 0.25) is 0 Å². The van der Waals surface area contributed by atoms with Crippen LogP contribution in [0, 0.1) is 0 Å². The van der Waals surface area contributed by atoms with Crippen LogP contribution >= 0.6 is 0 Å². The molecule has 10 nitrogen and oxygen atoms in total. The first kappa shape index (κ1) is 21.2. The number of aromatic nitrogens is 6. The molecular weight excluding hydrogens is 398 g/mol. The molecule has 158 valence electrons. The molecule has 0 aromatic carbocycles. The molecule has 3 aromatic rings. The number of hydrogen-bond acceptors (Lipinski definition) is 8. The van der Waals surface area contributed by atoms with Gasteiger partial charge in [-0.05, 0) is 6.07 Å². The third-order valence-corrected chi connectivity index (χ3v) is 3.83. The predicted octanol–water partition coefficient (Wildman–Crippen LogP) is 2.59. The Hall–Kier alpha value is -3.54. The fraction of sp³-hybridized carbons (Fsp3) is 0.333. The number of carbonyl (C=O) groups is 1. The lowest BCUT2D eigenvalue weighted by atomic mass is 10.1. The molecule has 0 radical (unpaired) electrons. The number of nitrogens with one attached hydrogen (secondary N) is 2. The van der Waals surface area contributed by atoms with Crippen molar-refractivity contribution in [2.75, 3.05) is 24.4 Å². The number of hydrogen-bond donors (Lipinski definition) is 2. The third-order valence-electron chi connectivity index (χ3n) is 3.83. The van der Waals surface area contributed by atoms with Gasteiger partial charge in [0.05, 0.1) is 25.0 Å². The summed E-state index contributed by atoms with van der Waals surface area (Å²) in [6, 6.07) is 3.00. The van der Waals surface area contributed by atoms with Gasteiger partial charge in [-0.1, -0.05) is 0 Å². The summed E-state index contributed by atoms with van der Waals surface area (Å²) in [6.45, 7) is 2.96. The van der Waals surface area contributed by atoms with Crippen molar-refractivity contribution < 1.29 is 18.3 Å². The van der Waals surface area contributed by atoms with Crippen molar-refractivity contribution in [2.24, 2.45) is 0 Å². The second kappa shape index (κ2) is 8.86. The van der Waals surface area contributed by atoms with Crippen molar-refractivity contribution in [1.82, 2.24) is 29.9 Å². The number of anilines is 3. The van der Waals surface area contributed by atoms with E-state index < -0.39 is 11.7 Å². The van der Waals surface area contributed by atoms with Crippen molar-refractivity contribution in [2.45, 2.75) is 26.3 Å². The van der Waals surface area contributed by atoms with Crippen molar-refractivity contribution in [3.05, 3.63) is 36.5 Å². The van der Waals surface area contributed by atoms with Crippen LogP contribution in [-0.4, -0.2) is 49.6 Å². The quantitative estimate of drug-likeness (QED) is 0.573. The maximum Gasteiger partial charge on any atom is 0.303 e. The maximum atomic E-state index is 13.6. The summed E-state index contributed by atoms with van der Waals surface area (Å²) >= 11 is 0. The lowest BCUT2D eigenvalue weighted by Gasteiger charge is -2.14. The van der Waals surface area contributed by atoms with E-state index in [1.165, 1.54) is 30.2 Å². The number of halogens is 2. The van der Waals surface area contributed by atoms with E-state index >= 15 is 0 Å². The van der Waals surface area contributed by atoms with E-state index in [9.17, 15) is 13.6 Å². The Morgan fingerprint density at radius 3 is 2.77 bits per heavy atom. The molecule has 0 spiro atoms. The van der Waals surface area contributed by atoms with Crippen LogP contribution in [0.15, 0.2) is 30.7 Å². The third kappa shape index (κ3) is 5.29. The van der Waals surface area contributed by atoms with E-state index in [1.54, 1.807) is 19.4 Å². The van der Waals surface area contributed by atoms with Crippen LogP contribution in [0.25, 0.3) is 11.3 Å². The molecule has 0 saturated carbocycles. The zero-order chi connectivity index (χ0) is 21.7. The van der Waals surface area contributed by atoms with Gasteiger partial charge >= 0.3 is 5.92 Å². The number of carbonyl (C=O) groups excluding carboxylic acids is 1. The second-order valence-corrected chi connectivity index (χ2v) is 6.39. The Morgan fingerprint density at radius 1 is 1.27 bits per heavy atom. The lowest BCUT2D eigenvalue weighted by molar-refractivity contribution is -0.114. The van der Waals surface area contributed by atoms with Crippen molar-refractivity contribution >= 4 is 23.2 Å². The number of pyridine rings is 1. The highest BCUT2D eigenvalue weighted by molar-refractivity contribution is 5.89. The minimum atomic E-state index is -3.19. The smallest absolute Gasteiger partial charge is 0.303 e. The summed E-state index contributed by atoms with van der Waals surface area (Å²) in [4.78, 5) is 24.5. The highest BCUT2D eigenvalue weighted by atomic mass is 19.3. The predicted molar refractivity (Wildman–Crippen MR) is 104 cm³/mol. The largest absolute Gasteiger partial charge is 0.383 e. The number of amides is 1. The summed E-state index contributed by atoms with van der Waals surface area (Å²) in [7, 11) is 1.58. The number of alkyl halides is 2. The fourth-order valence-corrected chi connectivity index (χ4v) is 2.49. The van der Waals surface area contributed by atoms with Crippen LogP contribution < -0.4 is 10.6 Å². The Labute approximate surface area is 170 Å². The molecule has 0 atom stereocenters. The number of rotatable bonds is 8. The van der Waals surface area contributed by atoms with Crippen LogP contribution in [0.4, 0.5) is 26.1 Å². The van der Waals surface area contributed by atoms with Crippen LogP contribution in [0.1, 0.15) is 19.7 Å². The Bertz CT molecular complexity index is 1040. The van der Waals surface area contributed by atoms with Gasteiger partial charge in [-0.2, -0.15) is 23.8 Å². The Kier molecular flexibility index (Phi) is 6.26. The first-order valence-electron chi connectivity index (χ1n) is 8.91. The second-order valence-electron chi connectivity index (χ2n) is 6.39. The minimum Gasteiger partial charge on any atom is -0.383 e. The summed E-state index contributed by atoms with van der Waals surface area (Å²) in [5.74, 6) is -3.69. The lowest BCUT2D eigenvalue weighted by Crippen LogP contribution is -2.13. The van der Waals surface area contributed by atoms with E-state index in [2.05, 4.69) is 35.8 Å². The highest BCUT2D eigenvalue weighted by Crippen LogP contribution is 2.31. The summed E-state index contributed by atoms with van der Waals surface area (Å²) in [5.41, 5.74) is 1.47. The van der Waals surface area contributed by atoms with Gasteiger partial charge in [0.25, 0.3) is 0 Å². The average Bonchev–Trinajstić information content (AvgIpc) is 3.14. The minimum absolute atomic E-state index is 0.148. The molecule has 0 aliphatic rings. The molecule has 12 heteroatoms. The van der Waals surface area contributed by atoms with Gasteiger partial charge in [-0.25, -0.2) is 15.0 Å². The molecule has 3 heterocycles. The molecular formula is C18H20F2N8O2. The molecule has 0 saturated heterocycles. The van der Waals surface area contributed by atoms with Gasteiger partial charge in [0.1, 0.15) is 17.3 Å². The molecule has 3 aromatic heterocycles. The number of ether oxygens (including phenoxy) is 1. The number of methoxy groups -OCH3 is 1. The zero-order valence-corrected chi connectivity index (χ0v) is 16.6. The first-order chi connectivity index (χ1) is 14.3. The van der Waals surface area contributed by atoms with Crippen molar-refractivity contribution in [3.63, 3.8) is 0 Å². The van der Waals surface area contributed by atoms with Crippen LogP contribution in [0.5, 0.6) is 0 Å². The molecule has 2 N–H and O–H groups in total. The molecule has 0 aliphatic carbocycles. The number of nitrogens with zero attached hydrogens (tertiary/aromatic N) is 6. The molecule has 0 aliphatic heterocycles. The van der Waals surface area contributed by atoms with Crippen LogP contribution in [0.3, 0.4) is 0 Å². The normalized spacial score (nSPS) is 11.4. The van der Waals surface area contributed by atoms with E-state index in [-0.39, 0.29) is 17.5 Å². The molecule has 3 rings (SSSR count). The SMILES string of the molecule is COCCn1ncc(-c2cnc(NC(C)=O)cc2Nc2ccnc(C(C)(F)F)n2)n1. The molecule has 0 bridgehead atoms. The summed E-state index contributed by atoms with van der Waals surface area (Å²) in [6.07, 6.45) is 4.27. The fourth-order valence-electron chi connectivity index (χ4n) is 2.49. The van der Waals surface area contributed by atoms with Gasteiger partial charge in [0.2, 0.25) is 11.7 Å². The van der Waals surface area contributed by atoms with E-state index in [1.807, 2.05) is 0 Å². The summed E-state index contributed by atoms with van der Waals surface area (Å²) < 4.78 is 32.2. The van der Waals surface area contributed by atoms with Crippen LogP contribution in [-0.2, 0) is 22.0 Å². The monoisotopic (exact) mass is 418 g/mol. The first-order valence-corrected chi connectivity index (χ1v) is 8.91. The van der Waals surface area contributed by atoms with Crippen molar-refractivity contribution in [1.29, 1.82) is 0 Å². The van der Waals surface area contributed by atoms with Gasteiger partial charge in [0.15, 0.2) is 0 Å². The topological polar surface area (TPSA) is 120 Å². The summed E-state index contributed by atoms with van der Waals surface area (Å²) in [5, 5.41) is 14.1. The van der Waals surface area contributed by atoms with E-state index in [0.29, 0.717) is 30.1 Å².